The highest BCUT2D eigenvalue weighted by Gasteiger charge is 2.43. The van der Waals surface area contributed by atoms with E-state index in [1.54, 1.807) is 11.0 Å². The van der Waals surface area contributed by atoms with Crippen LogP contribution in [0.3, 0.4) is 0 Å². The molecular formula is C15H17F3IN5. The van der Waals surface area contributed by atoms with Crippen molar-refractivity contribution in [2.45, 2.75) is 43.9 Å². The summed E-state index contributed by atoms with van der Waals surface area (Å²) < 4.78 is 40.0. The highest BCUT2D eigenvalue weighted by molar-refractivity contribution is 14.1. The number of rotatable bonds is 1. The Kier molecular flexibility index (Phi) is 4.39. The van der Waals surface area contributed by atoms with Gasteiger partial charge in [-0.25, -0.2) is 4.99 Å². The third kappa shape index (κ3) is 3.17. The molecule has 0 aromatic heterocycles. The molecule has 1 aromatic rings. The zero-order chi connectivity index (χ0) is 17.5. The maximum absolute atomic E-state index is 13.2. The lowest BCUT2D eigenvalue weighted by Crippen LogP contribution is -2.58. The fourth-order valence-electron chi connectivity index (χ4n) is 3.36. The van der Waals surface area contributed by atoms with E-state index in [2.05, 4.69) is 9.98 Å². The van der Waals surface area contributed by atoms with Crippen LogP contribution in [-0.4, -0.2) is 17.6 Å². The number of alkyl halides is 3. The van der Waals surface area contributed by atoms with Gasteiger partial charge in [-0.05, 0) is 66.5 Å². The van der Waals surface area contributed by atoms with Crippen molar-refractivity contribution in [2.75, 3.05) is 4.90 Å². The highest BCUT2D eigenvalue weighted by Crippen LogP contribution is 2.41. The van der Waals surface area contributed by atoms with Crippen molar-refractivity contribution in [3.8, 4) is 0 Å². The predicted octanol–water partition coefficient (Wildman–Crippen LogP) is 3.42. The van der Waals surface area contributed by atoms with Crippen LogP contribution in [0.25, 0.3) is 0 Å². The Balaban J connectivity index is 2.12. The van der Waals surface area contributed by atoms with Crippen molar-refractivity contribution in [1.29, 1.82) is 0 Å². The van der Waals surface area contributed by atoms with E-state index < -0.39 is 17.4 Å². The zero-order valence-corrected chi connectivity index (χ0v) is 14.9. The lowest BCUT2D eigenvalue weighted by molar-refractivity contribution is -0.137. The van der Waals surface area contributed by atoms with Gasteiger partial charge in [-0.3, -0.25) is 4.90 Å². The van der Waals surface area contributed by atoms with Gasteiger partial charge in [-0.1, -0.05) is 6.42 Å². The van der Waals surface area contributed by atoms with Crippen molar-refractivity contribution in [2.24, 2.45) is 21.5 Å². The lowest BCUT2D eigenvalue weighted by atomic mass is 9.87. The Morgan fingerprint density at radius 2 is 1.75 bits per heavy atom. The third-order valence-electron chi connectivity index (χ3n) is 4.32. The van der Waals surface area contributed by atoms with Crippen LogP contribution in [0.4, 0.5) is 18.9 Å². The minimum absolute atomic E-state index is 0.0762. The van der Waals surface area contributed by atoms with Crippen LogP contribution in [0.1, 0.15) is 37.7 Å². The average Bonchev–Trinajstić information content (AvgIpc) is 2.45. The van der Waals surface area contributed by atoms with Gasteiger partial charge in [-0.2, -0.15) is 18.2 Å². The fraction of sp³-hybridized carbons (Fsp3) is 0.467. The van der Waals surface area contributed by atoms with Crippen molar-refractivity contribution >= 4 is 40.2 Å². The summed E-state index contributed by atoms with van der Waals surface area (Å²) >= 11 is 1.87. The molecule has 0 saturated heterocycles. The molecule has 4 N–H and O–H groups in total. The molecule has 0 radical (unpaired) electrons. The monoisotopic (exact) mass is 451 g/mol. The first-order valence-corrected chi connectivity index (χ1v) is 8.67. The molecular weight excluding hydrogens is 434 g/mol. The summed E-state index contributed by atoms with van der Waals surface area (Å²) in [5.41, 5.74) is 10.7. The van der Waals surface area contributed by atoms with Crippen LogP contribution < -0.4 is 16.4 Å². The molecule has 2 aliphatic rings. The van der Waals surface area contributed by atoms with E-state index in [-0.39, 0.29) is 11.9 Å². The zero-order valence-electron chi connectivity index (χ0n) is 12.8. The minimum Gasteiger partial charge on any atom is -0.369 e. The number of anilines is 1. The molecule has 1 saturated carbocycles. The number of benzene rings is 1. The summed E-state index contributed by atoms with van der Waals surface area (Å²) in [6, 6.07) is 3.86. The van der Waals surface area contributed by atoms with Crippen LogP contribution in [0, 0.1) is 3.57 Å². The standard InChI is InChI=1S/C15H17F3IN5/c16-15(17,18)9-6-10(19)8-11(7-9)24-13(21)22-12(20)23-14(24)4-2-1-3-5-14/h6-8H,1-5H2,(H4,20,21,22,23). The molecule has 1 aromatic carbocycles. The first-order chi connectivity index (χ1) is 11.2. The molecule has 1 aliphatic heterocycles. The number of guanidine groups is 2. The van der Waals surface area contributed by atoms with Gasteiger partial charge in [0.1, 0.15) is 5.66 Å². The summed E-state index contributed by atoms with van der Waals surface area (Å²) in [5.74, 6) is 0.159. The van der Waals surface area contributed by atoms with E-state index in [0.717, 1.165) is 31.4 Å². The third-order valence-corrected chi connectivity index (χ3v) is 4.94. The van der Waals surface area contributed by atoms with Crippen LogP contribution >= 0.6 is 22.6 Å². The van der Waals surface area contributed by atoms with Crippen molar-refractivity contribution in [3.63, 3.8) is 0 Å². The Morgan fingerprint density at radius 1 is 1.08 bits per heavy atom. The van der Waals surface area contributed by atoms with Gasteiger partial charge in [0.05, 0.1) is 5.56 Å². The average molecular weight is 451 g/mol. The van der Waals surface area contributed by atoms with Gasteiger partial charge in [0.2, 0.25) is 11.9 Å². The maximum atomic E-state index is 13.2. The van der Waals surface area contributed by atoms with Gasteiger partial charge in [0.25, 0.3) is 0 Å². The molecule has 24 heavy (non-hydrogen) atoms. The molecule has 0 unspecified atom stereocenters. The smallest absolute Gasteiger partial charge is 0.369 e. The highest BCUT2D eigenvalue weighted by atomic mass is 127. The molecule has 130 valence electrons. The Morgan fingerprint density at radius 3 is 2.38 bits per heavy atom. The fourth-order valence-corrected chi connectivity index (χ4v) is 4.02. The molecule has 1 aliphatic carbocycles. The molecule has 0 atom stereocenters. The van der Waals surface area contributed by atoms with Crippen LogP contribution in [0.5, 0.6) is 0 Å². The molecule has 1 heterocycles. The second-order valence-electron chi connectivity index (χ2n) is 6.01. The van der Waals surface area contributed by atoms with Crippen LogP contribution in [0.2, 0.25) is 0 Å². The number of hydrogen-bond acceptors (Lipinski definition) is 5. The number of halogens is 4. The molecule has 9 heteroatoms. The summed E-state index contributed by atoms with van der Waals surface area (Å²) in [7, 11) is 0. The van der Waals surface area contributed by atoms with Gasteiger partial charge < -0.3 is 11.5 Å². The van der Waals surface area contributed by atoms with E-state index in [0.29, 0.717) is 22.1 Å². The van der Waals surface area contributed by atoms with E-state index in [1.807, 2.05) is 22.6 Å². The van der Waals surface area contributed by atoms with Crippen LogP contribution in [-0.2, 0) is 6.18 Å². The Bertz CT molecular complexity index is 708. The molecule has 0 amide bonds. The number of nitrogens with two attached hydrogens (primary N) is 2. The van der Waals surface area contributed by atoms with Gasteiger partial charge >= 0.3 is 6.18 Å². The van der Waals surface area contributed by atoms with Crippen LogP contribution in [0.15, 0.2) is 28.2 Å². The maximum Gasteiger partial charge on any atom is 0.416 e. The van der Waals surface area contributed by atoms with Gasteiger partial charge in [-0.15, -0.1) is 0 Å². The lowest BCUT2D eigenvalue weighted by Gasteiger charge is -2.45. The number of aliphatic imine (C=N–C) groups is 2. The van der Waals surface area contributed by atoms with Crippen molar-refractivity contribution < 1.29 is 13.2 Å². The quantitative estimate of drug-likeness (QED) is 0.643. The summed E-state index contributed by atoms with van der Waals surface area (Å²) in [5, 5.41) is 0. The first-order valence-electron chi connectivity index (χ1n) is 7.59. The second-order valence-corrected chi connectivity index (χ2v) is 7.26. The number of nitrogens with zero attached hydrogens (tertiary/aromatic N) is 3. The largest absolute Gasteiger partial charge is 0.416 e. The van der Waals surface area contributed by atoms with Crippen molar-refractivity contribution in [3.05, 3.63) is 27.3 Å². The minimum atomic E-state index is -4.43. The Hall–Kier alpha value is -1.52. The molecule has 0 bridgehead atoms. The van der Waals surface area contributed by atoms with E-state index >= 15 is 0 Å². The van der Waals surface area contributed by atoms with E-state index in [9.17, 15) is 13.2 Å². The molecule has 1 spiro atoms. The van der Waals surface area contributed by atoms with Gasteiger partial charge in [0, 0.05) is 9.26 Å². The SMILES string of the molecule is NC1=NC2(CCCCC2)N(c2cc(I)cc(C(F)(F)F)c2)C(N)=N1. The van der Waals surface area contributed by atoms with Gasteiger partial charge in [0.15, 0.2) is 0 Å². The molecule has 1 fully saturated rings. The Labute approximate surface area is 151 Å². The van der Waals surface area contributed by atoms with E-state index in [1.165, 1.54) is 0 Å². The second kappa shape index (κ2) is 6.08. The van der Waals surface area contributed by atoms with Crippen molar-refractivity contribution in [1.82, 2.24) is 0 Å². The summed E-state index contributed by atoms with van der Waals surface area (Å²) in [6.45, 7) is 0. The summed E-state index contributed by atoms with van der Waals surface area (Å²) in [4.78, 5) is 10.1. The predicted molar refractivity (Wildman–Crippen MR) is 95.7 cm³/mol. The summed E-state index contributed by atoms with van der Waals surface area (Å²) in [6.07, 6.45) is -0.192. The number of hydrogen-bond donors (Lipinski definition) is 2. The first kappa shape index (κ1) is 17.3. The molecule has 3 rings (SSSR count). The normalized spacial score (nSPS) is 20.8. The molecule has 5 nitrogen and oxygen atoms in total. The topological polar surface area (TPSA) is 80.0 Å². The van der Waals surface area contributed by atoms with E-state index in [4.69, 9.17) is 11.5 Å².